The molecule has 0 aromatic carbocycles. The summed E-state index contributed by atoms with van der Waals surface area (Å²) in [5.74, 6) is 0.334. The van der Waals surface area contributed by atoms with Crippen LogP contribution in [-0.4, -0.2) is 21.0 Å². The summed E-state index contributed by atoms with van der Waals surface area (Å²) in [4.78, 5) is 0. The van der Waals surface area contributed by atoms with Crippen LogP contribution in [0.3, 0.4) is 0 Å². The van der Waals surface area contributed by atoms with Gasteiger partial charge in [-0.05, 0) is 25.3 Å². The first kappa shape index (κ1) is 8.75. The molecule has 1 N–H and O–H groups in total. The Morgan fingerprint density at radius 1 is 1.62 bits per heavy atom. The van der Waals surface area contributed by atoms with Crippen molar-refractivity contribution in [1.82, 2.24) is 9.78 Å². The minimum atomic E-state index is -0.144. The highest BCUT2D eigenvalue weighted by atomic mass is 16.3. The van der Waals surface area contributed by atoms with Gasteiger partial charge >= 0.3 is 0 Å². The van der Waals surface area contributed by atoms with Crippen LogP contribution >= 0.6 is 0 Å². The summed E-state index contributed by atoms with van der Waals surface area (Å²) in [7, 11) is 0. The van der Waals surface area contributed by atoms with Gasteiger partial charge in [-0.25, -0.2) is 0 Å². The lowest BCUT2D eigenvalue weighted by Crippen LogP contribution is -2.10. The van der Waals surface area contributed by atoms with E-state index in [2.05, 4.69) is 18.2 Å². The molecule has 0 spiro atoms. The minimum absolute atomic E-state index is 0.144. The molecule has 1 fully saturated rings. The third-order valence-corrected chi connectivity index (χ3v) is 2.88. The second-order valence-electron chi connectivity index (χ2n) is 3.73. The van der Waals surface area contributed by atoms with Crippen molar-refractivity contribution in [2.75, 3.05) is 0 Å². The zero-order valence-corrected chi connectivity index (χ0v) is 7.98. The van der Waals surface area contributed by atoms with Crippen LogP contribution in [0.4, 0.5) is 0 Å². The first-order valence-electron chi connectivity index (χ1n) is 5.01. The van der Waals surface area contributed by atoms with E-state index in [0.717, 1.165) is 25.8 Å². The van der Waals surface area contributed by atoms with Crippen LogP contribution in [0.2, 0.25) is 0 Å². The number of aromatic nitrogens is 2. The number of rotatable bonds is 2. The molecule has 0 aliphatic heterocycles. The molecule has 13 heavy (non-hydrogen) atoms. The van der Waals surface area contributed by atoms with Crippen LogP contribution in [0, 0.1) is 0 Å². The standard InChI is InChI=1S/C10H16N2O/c1-2-12-7-8(6-11-12)9-4-3-5-10(9)13/h6-7,9-10,13H,2-5H2,1H3. The number of aryl methyl sites for hydroxylation is 1. The second-order valence-corrected chi connectivity index (χ2v) is 3.73. The first-order chi connectivity index (χ1) is 6.31. The van der Waals surface area contributed by atoms with Crippen LogP contribution in [0.5, 0.6) is 0 Å². The van der Waals surface area contributed by atoms with Crippen LogP contribution in [-0.2, 0) is 6.54 Å². The van der Waals surface area contributed by atoms with Crippen LogP contribution in [0.1, 0.15) is 37.7 Å². The Morgan fingerprint density at radius 3 is 3.00 bits per heavy atom. The SMILES string of the molecule is CCn1cc(C2CCCC2O)cn1. The molecule has 72 valence electrons. The summed E-state index contributed by atoms with van der Waals surface area (Å²) in [6.45, 7) is 2.98. The van der Waals surface area contributed by atoms with Gasteiger partial charge in [0.25, 0.3) is 0 Å². The Balaban J connectivity index is 2.15. The fourth-order valence-electron chi connectivity index (χ4n) is 2.07. The quantitative estimate of drug-likeness (QED) is 0.749. The van der Waals surface area contributed by atoms with E-state index in [-0.39, 0.29) is 6.10 Å². The predicted molar refractivity (Wildman–Crippen MR) is 50.5 cm³/mol. The van der Waals surface area contributed by atoms with E-state index >= 15 is 0 Å². The molecular formula is C10H16N2O. The maximum atomic E-state index is 9.69. The number of aliphatic hydroxyl groups excluding tert-OH is 1. The number of aliphatic hydroxyl groups is 1. The third-order valence-electron chi connectivity index (χ3n) is 2.88. The van der Waals surface area contributed by atoms with Crippen molar-refractivity contribution >= 4 is 0 Å². The Bertz CT molecular complexity index is 282. The largest absolute Gasteiger partial charge is 0.392 e. The molecule has 1 aromatic rings. The summed E-state index contributed by atoms with van der Waals surface area (Å²) in [6.07, 6.45) is 7.00. The van der Waals surface area contributed by atoms with Gasteiger partial charge in [0.15, 0.2) is 0 Å². The molecule has 1 heterocycles. The minimum Gasteiger partial charge on any atom is -0.392 e. The molecule has 1 aromatic heterocycles. The van der Waals surface area contributed by atoms with E-state index < -0.39 is 0 Å². The molecule has 0 bridgehead atoms. The van der Waals surface area contributed by atoms with E-state index in [1.807, 2.05) is 10.9 Å². The molecule has 1 saturated carbocycles. The average molecular weight is 180 g/mol. The van der Waals surface area contributed by atoms with E-state index in [0.29, 0.717) is 5.92 Å². The Hall–Kier alpha value is -0.830. The van der Waals surface area contributed by atoms with E-state index in [4.69, 9.17) is 0 Å². The zero-order chi connectivity index (χ0) is 9.26. The number of nitrogens with zero attached hydrogens (tertiary/aromatic N) is 2. The highest BCUT2D eigenvalue weighted by Gasteiger charge is 2.27. The summed E-state index contributed by atoms with van der Waals surface area (Å²) in [5.41, 5.74) is 1.20. The van der Waals surface area contributed by atoms with Gasteiger partial charge in [-0.2, -0.15) is 5.10 Å². The summed E-state index contributed by atoms with van der Waals surface area (Å²) < 4.78 is 1.92. The Morgan fingerprint density at radius 2 is 2.46 bits per heavy atom. The first-order valence-corrected chi connectivity index (χ1v) is 5.01. The molecule has 1 aliphatic carbocycles. The van der Waals surface area contributed by atoms with Gasteiger partial charge in [-0.1, -0.05) is 6.42 Å². The second kappa shape index (κ2) is 3.50. The van der Waals surface area contributed by atoms with Gasteiger partial charge in [0.2, 0.25) is 0 Å². The molecule has 2 atom stereocenters. The fraction of sp³-hybridized carbons (Fsp3) is 0.700. The van der Waals surface area contributed by atoms with Gasteiger partial charge in [0.1, 0.15) is 0 Å². The van der Waals surface area contributed by atoms with Gasteiger partial charge in [0, 0.05) is 18.7 Å². The third kappa shape index (κ3) is 1.61. The Kier molecular flexibility index (Phi) is 2.36. The lowest BCUT2D eigenvalue weighted by Gasteiger charge is -2.11. The monoisotopic (exact) mass is 180 g/mol. The topological polar surface area (TPSA) is 38.0 Å². The number of hydrogen-bond donors (Lipinski definition) is 1. The van der Waals surface area contributed by atoms with Crippen LogP contribution < -0.4 is 0 Å². The summed E-state index contributed by atoms with van der Waals surface area (Å²) in [5, 5.41) is 13.9. The van der Waals surface area contributed by atoms with E-state index in [1.165, 1.54) is 5.56 Å². The highest BCUT2D eigenvalue weighted by molar-refractivity contribution is 5.14. The van der Waals surface area contributed by atoms with Crippen LogP contribution in [0.25, 0.3) is 0 Å². The zero-order valence-electron chi connectivity index (χ0n) is 7.98. The van der Waals surface area contributed by atoms with Gasteiger partial charge in [-0.3, -0.25) is 4.68 Å². The molecule has 0 saturated heterocycles. The maximum absolute atomic E-state index is 9.69. The Labute approximate surface area is 78.4 Å². The molecule has 2 unspecified atom stereocenters. The van der Waals surface area contributed by atoms with Crippen molar-refractivity contribution in [1.29, 1.82) is 0 Å². The van der Waals surface area contributed by atoms with Crippen molar-refractivity contribution in [2.45, 2.75) is 44.8 Å². The van der Waals surface area contributed by atoms with Crippen molar-refractivity contribution in [3.05, 3.63) is 18.0 Å². The molecule has 3 heteroatoms. The molecule has 2 rings (SSSR count). The molecule has 3 nitrogen and oxygen atoms in total. The van der Waals surface area contributed by atoms with Crippen molar-refractivity contribution < 1.29 is 5.11 Å². The van der Waals surface area contributed by atoms with Crippen molar-refractivity contribution in [3.63, 3.8) is 0 Å². The van der Waals surface area contributed by atoms with E-state index in [1.54, 1.807) is 0 Å². The van der Waals surface area contributed by atoms with Crippen molar-refractivity contribution in [2.24, 2.45) is 0 Å². The van der Waals surface area contributed by atoms with Crippen molar-refractivity contribution in [3.8, 4) is 0 Å². The normalized spacial score (nSPS) is 28.2. The lowest BCUT2D eigenvalue weighted by molar-refractivity contribution is 0.164. The molecular weight excluding hydrogens is 164 g/mol. The smallest absolute Gasteiger partial charge is 0.0609 e. The molecule has 0 radical (unpaired) electrons. The maximum Gasteiger partial charge on any atom is 0.0609 e. The lowest BCUT2D eigenvalue weighted by atomic mass is 9.99. The predicted octanol–water partition coefficient (Wildman–Crippen LogP) is 1.53. The average Bonchev–Trinajstić information content (AvgIpc) is 2.71. The van der Waals surface area contributed by atoms with E-state index in [9.17, 15) is 5.11 Å². The summed E-state index contributed by atoms with van der Waals surface area (Å²) in [6, 6.07) is 0. The fourth-order valence-corrected chi connectivity index (χ4v) is 2.07. The van der Waals surface area contributed by atoms with Crippen LogP contribution in [0.15, 0.2) is 12.4 Å². The molecule has 1 aliphatic rings. The molecule has 0 amide bonds. The van der Waals surface area contributed by atoms with Gasteiger partial charge in [0.05, 0.1) is 12.3 Å². The van der Waals surface area contributed by atoms with Gasteiger partial charge in [-0.15, -0.1) is 0 Å². The summed E-state index contributed by atoms with van der Waals surface area (Å²) >= 11 is 0. The number of hydrogen-bond acceptors (Lipinski definition) is 2. The highest BCUT2D eigenvalue weighted by Crippen LogP contribution is 2.34. The van der Waals surface area contributed by atoms with Gasteiger partial charge < -0.3 is 5.11 Å².